The Labute approximate surface area is 61.9 Å². The summed E-state index contributed by atoms with van der Waals surface area (Å²) in [5, 5.41) is 7.12. The van der Waals surface area contributed by atoms with E-state index >= 15 is 0 Å². The number of hydrogen-bond donors (Lipinski definition) is 1. The molecule has 11 heavy (non-hydrogen) atoms. The van der Waals surface area contributed by atoms with Gasteiger partial charge in [0.05, 0.1) is 0 Å². The predicted molar refractivity (Wildman–Crippen MR) is 35.7 cm³/mol. The molecule has 0 aliphatic heterocycles. The Morgan fingerprint density at radius 1 is 1.27 bits per heavy atom. The van der Waals surface area contributed by atoms with Gasteiger partial charge in [-0.15, -0.1) is 0 Å². The molecule has 0 aromatic heterocycles. The van der Waals surface area contributed by atoms with Crippen molar-refractivity contribution in [1.82, 2.24) is 0 Å². The summed E-state index contributed by atoms with van der Waals surface area (Å²) in [5.41, 5.74) is 2.85. The van der Waals surface area contributed by atoms with Gasteiger partial charge in [-0.3, -0.25) is 0 Å². The Balaban J connectivity index is 0.000000114. The van der Waals surface area contributed by atoms with Crippen molar-refractivity contribution in [2.24, 2.45) is 0 Å². The molecule has 2 rings (SSSR count). The van der Waals surface area contributed by atoms with Crippen molar-refractivity contribution in [3.8, 4) is 11.1 Å². The van der Waals surface area contributed by atoms with E-state index in [2.05, 4.69) is 29.2 Å². The van der Waals surface area contributed by atoms with E-state index in [1.54, 1.807) is 0 Å². The number of benzene rings is 1. The molecule has 0 unspecified atom stereocenters. The van der Waals surface area contributed by atoms with Crippen molar-refractivity contribution in [2.45, 2.75) is 0 Å². The lowest BCUT2D eigenvalue weighted by Crippen LogP contribution is -1.86. The van der Waals surface area contributed by atoms with Crippen LogP contribution in [0.15, 0.2) is 24.3 Å². The summed E-state index contributed by atoms with van der Waals surface area (Å²) >= 11 is 0. The molecule has 0 saturated carbocycles. The lowest BCUT2D eigenvalue weighted by molar-refractivity contribution is -0.0884. The second kappa shape index (κ2) is 3.01. The molecule has 0 radical (unpaired) electrons. The van der Waals surface area contributed by atoms with E-state index in [0.717, 1.165) is 0 Å². The van der Waals surface area contributed by atoms with Crippen molar-refractivity contribution < 1.29 is 19.4 Å². The minimum Gasteiger partial charge on any atom is -0.448 e. The second-order valence-corrected chi connectivity index (χ2v) is 1.92. The minimum absolute atomic E-state index is 1.43. The van der Waals surface area contributed by atoms with E-state index < -0.39 is 6.16 Å². The zero-order valence-electron chi connectivity index (χ0n) is 5.45. The van der Waals surface area contributed by atoms with Crippen LogP contribution in [-0.4, -0.2) is 11.3 Å². The SMILES string of the molecule is O=C(O)OF.c1cc2ccc1-2. The van der Waals surface area contributed by atoms with Gasteiger partial charge in [0.2, 0.25) is 0 Å². The van der Waals surface area contributed by atoms with Gasteiger partial charge < -0.3 is 5.11 Å². The molecule has 0 aromatic rings. The van der Waals surface area contributed by atoms with E-state index in [4.69, 9.17) is 9.90 Å². The molecular formula is C7H5FO3. The zero-order chi connectivity index (χ0) is 8.27. The van der Waals surface area contributed by atoms with Crippen molar-refractivity contribution in [3.05, 3.63) is 24.3 Å². The van der Waals surface area contributed by atoms with Crippen molar-refractivity contribution in [2.75, 3.05) is 0 Å². The van der Waals surface area contributed by atoms with Crippen molar-refractivity contribution in [1.29, 1.82) is 0 Å². The summed E-state index contributed by atoms with van der Waals surface area (Å²) in [6.45, 7) is 0. The van der Waals surface area contributed by atoms with E-state index in [9.17, 15) is 4.53 Å². The molecule has 0 fully saturated rings. The van der Waals surface area contributed by atoms with Gasteiger partial charge >= 0.3 is 6.16 Å². The maximum atomic E-state index is 10.0. The third-order valence-electron chi connectivity index (χ3n) is 1.28. The lowest BCUT2D eigenvalue weighted by Gasteiger charge is -2.10. The number of fused-ring (bicyclic) bond motifs is 1. The highest BCUT2D eigenvalue weighted by Gasteiger charge is 2.03. The molecule has 0 atom stereocenters. The molecule has 2 aliphatic rings. The highest BCUT2D eigenvalue weighted by molar-refractivity contribution is 5.75. The van der Waals surface area contributed by atoms with Gasteiger partial charge in [-0.1, -0.05) is 24.3 Å². The maximum Gasteiger partial charge on any atom is 0.542 e. The van der Waals surface area contributed by atoms with Gasteiger partial charge in [-0.2, -0.15) is 0 Å². The van der Waals surface area contributed by atoms with Crippen LogP contribution in [0.4, 0.5) is 9.32 Å². The first kappa shape index (κ1) is 7.53. The van der Waals surface area contributed by atoms with Crippen molar-refractivity contribution in [3.63, 3.8) is 0 Å². The highest BCUT2D eigenvalue weighted by atomic mass is 19.3. The van der Waals surface area contributed by atoms with Crippen LogP contribution in [0.2, 0.25) is 0 Å². The fraction of sp³-hybridized carbons (Fsp3) is 0. The molecule has 0 amide bonds. The molecule has 4 heteroatoms. The summed E-state index contributed by atoms with van der Waals surface area (Å²) < 4.78 is 10.0. The molecule has 0 spiro atoms. The maximum absolute atomic E-state index is 10.0. The van der Waals surface area contributed by atoms with Crippen LogP contribution in [0.3, 0.4) is 0 Å². The Kier molecular flexibility index (Phi) is 2.06. The average molecular weight is 156 g/mol. The lowest BCUT2D eigenvalue weighted by atomic mass is 9.95. The first-order chi connectivity index (χ1) is 5.24. The monoisotopic (exact) mass is 156 g/mol. The summed E-state index contributed by atoms with van der Waals surface area (Å²) in [6.07, 6.45) is -1.91. The number of carboxylic acid groups (broad SMARTS) is 1. The fourth-order valence-electron chi connectivity index (χ4n) is 0.663. The number of carbonyl (C=O) groups is 1. The Morgan fingerprint density at radius 3 is 1.55 bits per heavy atom. The van der Waals surface area contributed by atoms with Crippen LogP contribution in [0, 0.1) is 0 Å². The van der Waals surface area contributed by atoms with Crippen LogP contribution in [0.25, 0.3) is 11.1 Å². The topological polar surface area (TPSA) is 46.5 Å². The van der Waals surface area contributed by atoms with Crippen LogP contribution in [0.5, 0.6) is 0 Å². The van der Waals surface area contributed by atoms with Gasteiger partial charge in [0.15, 0.2) is 0 Å². The second-order valence-electron chi connectivity index (χ2n) is 1.92. The summed E-state index contributed by atoms with van der Waals surface area (Å²) in [5.74, 6) is 0. The van der Waals surface area contributed by atoms with Crippen LogP contribution >= 0.6 is 0 Å². The number of rotatable bonds is 0. The zero-order valence-corrected chi connectivity index (χ0v) is 5.45. The Hall–Kier alpha value is -1.58. The molecule has 1 N–H and O–H groups in total. The van der Waals surface area contributed by atoms with E-state index in [1.807, 2.05) is 0 Å². The van der Waals surface area contributed by atoms with Crippen LogP contribution in [-0.2, 0) is 4.94 Å². The minimum atomic E-state index is -1.91. The van der Waals surface area contributed by atoms with Gasteiger partial charge in [0, 0.05) is 4.53 Å². The molecule has 0 heterocycles. The first-order valence-corrected chi connectivity index (χ1v) is 2.86. The highest BCUT2D eigenvalue weighted by Crippen LogP contribution is 2.29. The van der Waals surface area contributed by atoms with E-state index in [-0.39, 0.29) is 0 Å². The van der Waals surface area contributed by atoms with Gasteiger partial charge in [0.1, 0.15) is 0 Å². The van der Waals surface area contributed by atoms with Gasteiger partial charge in [0.25, 0.3) is 0 Å². The van der Waals surface area contributed by atoms with Crippen LogP contribution < -0.4 is 0 Å². The Bertz CT molecular complexity index is 234. The normalized spacial score (nSPS) is 9.18. The smallest absolute Gasteiger partial charge is 0.448 e. The largest absolute Gasteiger partial charge is 0.542 e. The predicted octanol–water partition coefficient (Wildman–Crippen LogP) is 2.23. The average Bonchev–Trinajstić information content (AvgIpc) is 1.98. The molecule has 3 nitrogen and oxygen atoms in total. The summed E-state index contributed by atoms with van der Waals surface area (Å²) in [4.78, 5) is 10.9. The quantitative estimate of drug-likeness (QED) is 0.636. The third kappa shape index (κ3) is 1.67. The van der Waals surface area contributed by atoms with Gasteiger partial charge in [-0.05, 0) is 11.1 Å². The third-order valence-corrected chi connectivity index (χ3v) is 1.28. The van der Waals surface area contributed by atoms with Crippen LogP contribution in [0.1, 0.15) is 0 Å². The van der Waals surface area contributed by atoms with E-state index in [1.165, 1.54) is 11.1 Å². The summed E-state index contributed by atoms with van der Waals surface area (Å²) in [6, 6.07) is 8.48. The molecular weight excluding hydrogens is 151 g/mol. The molecule has 58 valence electrons. The number of hydrogen-bond acceptors (Lipinski definition) is 2. The molecule has 0 bridgehead atoms. The van der Waals surface area contributed by atoms with Crippen molar-refractivity contribution >= 4 is 6.16 Å². The van der Waals surface area contributed by atoms with E-state index in [0.29, 0.717) is 0 Å². The molecule has 0 saturated heterocycles. The summed E-state index contributed by atoms with van der Waals surface area (Å²) in [7, 11) is 0. The fourth-order valence-corrected chi connectivity index (χ4v) is 0.663. The molecule has 0 aromatic carbocycles. The number of halogens is 1. The standard InChI is InChI=1S/C6H4.CHFO3/c1-2-6-4-3-5(1)6;2-5-1(3)4/h1-4H;(H,3,4). The first-order valence-electron chi connectivity index (χ1n) is 2.86. The Morgan fingerprint density at radius 2 is 1.55 bits per heavy atom. The molecule has 2 aliphatic carbocycles. The van der Waals surface area contributed by atoms with Gasteiger partial charge in [-0.25, -0.2) is 9.74 Å².